The molecule has 2 aliphatic heterocycles. The summed E-state index contributed by atoms with van der Waals surface area (Å²) in [5.74, 6) is -0.494. The number of hydrogen-bond donors (Lipinski definition) is 1. The fourth-order valence-corrected chi connectivity index (χ4v) is 4.67. The van der Waals surface area contributed by atoms with E-state index in [1.807, 2.05) is 17.0 Å². The molecule has 2 aromatic rings. The molecule has 5 nitrogen and oxygen atoms in total. The first-order chi connectivity index (χ1) is 15.3. The molecule has 0 bridgehead atoms. The van der Waals surface area contributed by atoms with Crippen molar-refractivity contribution in [1.82, 2.24) is 4.90 Å². The van der Waals surface area contributed by atoms with Gasteiger partial charge in [0.05, 0.1) is 18.1 Å². The highest BCUT2D eigenvalue weighted by molar-refractivity contribution is 8.18. The number of amidine groups is 1. The third kappa shape index (κ3) is 4.59. The second-order valence-corrected chi connectivity index (χ2v) is 9.62. The van der Waals surface area contributed by atoms with Crippen LogP contribution in [0.25, 0.3) is 17.2 Å². The number of halogens is 1. The lowest BCUT2D eigenvalue weighted by molar-refractivity contribution is -0.113. The summed E-state index contributed by atoms with van der Waals surface area (Å²) in [7, 11) is 0. The van der Waals surface area contributed by atoms with Gasteiger partial charge in [-0.1, -0.05) is 32.9 Å². The van der Waals surface area contributed by atoms with Gasteiger partial charge in [-0.25, -0.2) is 4.39 Å². The van der Waals surface area contributed by atoms with Crippen molar-refractivity contribution < 1.29 is 19.0 Å². The maximum atomic E-state index is 14.6. The summed E-state index contributed by atoms with van der Waals surface area (Å²) in [5, 5.41) is 11.0. The van der Waals surface area contributed by atoms with Crippen LogP contribution in [-0.2, 0) is 14.9 Å². The van der Waals surface area contributed by atoms with E-state index in [0.717, 1.165) is 23.1 Å². The fourth-order valence-electron chi connectivity index (χ4n) is 3.71. The Morgan fingerprint density at radius 3 is 2.59 bits per heavy atom. The van der Waals surface area contributed by atoms with Crippen molar-refractivity contribution in [2.24, 2.45) is 4.99 Å². The molecule has 4 rings (SSSR count). The Bertz CT molecular complexity index is 1100. The molecular weight excluding hydrogens is 427 g/mol. The van der Waals surface area contributed by atoms with Crippen LogP contribution in [0.15, 0.2) is 46.3 Å². The minimum atomic E-state index is -0.401. The number of rotatable bonds is 4. The molecule has 2 aliphatic rings. The monoisotopic (exact) mass is 454 g/mol. The van der Waals surface area contributed by atoms with Crippen LogP contribution in [-0.4, -0.2) is 47.4 Å². The van der Waals surface area contributed by atoms with Gasteiger partial charge in [0.1, 0.15) is 11.6 Å². The van der Waals surface area contributed by atoms with Crippen LogP contribution in [0.1, 0.15) is 38.3 Å². The highest BCUT2D eigenvalue weighted by Crippen LogP contribution is 2.37. The summed E-state index contributed by atoms with van der Waals surface area (Å²) in [6, 6.07) is 10.3. The highest BCUT2D eigenvalue weighted by atomic mass is 32.2. The number of aromatic hydroxyl groups is 1. The number of benzene rings is 2. The topological polar surface area (TPSA) is 62.1 Å². The molecule has 0 spiro atoms. The van der Waals surface area contributed by atoms with Gasteiger partial charge in [0.15, 0.2) is 5.17 Å². The van der Waals surface area contributed by atoms with E-state index in [-0.39, 0.29) is 17.1 Å². The van der Waals surface area contributed by atoms with Gasteiger partial charge in [-0.3, -0.25) is 4.79 Å². The summed E-state index contributed by atoms with van der Waals surface area (Å²) in [6.07, 6.45) is 2.44. The molecule has 0 atom stereocenters. The van der Waals surface area contributed by atoms with E-state index in [1.165, 1.54) is 17.8 Å². The van der Waals surface area contributed by atoms with E-state index >= 15 is 0 Å². The van der Waals surface area contributed by atoms with Gasteiger partial charge in [-0.05, 0) is 65.1 Å². The Hall–Kier alpha value is -2.64. The average molecular weight is 455 g/mol. The quantitative estimate of drug-likeness (QED) is 0.645. The van der Waals surface area contributed by atoms with E-state index in [4.69, 9.17) is 4.74 Å². The van der Waals surface area contributed by atoms with Gasteiger partial charge < -0.3 is 14.7 Å². The molecule has 168 valence electrons. The van der Waals surface area contributed by atoms with Crippen molar-refractivity contribution in [3.8, 4) is 16.9 Å². The molecule has 1 saturated heterocycles. The molecule has 1 amide bonds. The first-order valence-corrected chi connectivity index (χ1v) is 11.6. The number of nitrogens with zero attached hydrogens (tertiary/aromatic N) is 2. The number of morpholine rings is 1. The molecule has 0 aliphatic carbocycles. The molecule has 1 N–H and O–H groups in total. The highest BCUT2D eigenvalue weighted by Gasteiger charge is 2.27. The van der Waals surface area contributed by atoms with Crippen LogP contribution in [0.2, 0.25) is 0 Å². The van der Waals surface area contributed by atoms with Crippen molar-refractivity contribution in [2.45, 2.75) is 32.6 Å². The number of hydrogen-bond acceptors (Lipinski definition) is 5. The van der Waals surface area contributed by atoms with Crippen LogP contribution < -0.4 is 0 Å². The van der Waals surface area contributed by atoms with Crippen molar-refractivity contribution in [3.63, 3.8) is 0 Å². The molecule has 7 heteroatoms. The number of amides is 1. The van der Waals surface area contributed by atoms with Crippen LogP contribution in [0, 0.1) is 5.82 Å². The van der Waals surface area contributed by atoms with Gasteiger partial charge in [0, 0.05) is 24.2 Å². The lowest BCUT2D eigenvalue weighted by Crippen LogP contribution is -2.38. The second kappa shape index (κ2) is 9.08. The Morgan fingerprint density at radius 2 is 1.88 bits per heavy atom. The molecule has 0 aromatic heterocycles. The summed E-state index contributed by atoms with van der Waals surface area (Å²) < 4.78 is 20.0. The number of phenolic OH excluding ortho intramolecular Hbond substituents is 1. The zero-order valence-corrected chi connectivity index (χ0v) is 19.3. The number of phenols is 1. The largest absolute Gasteiger partial charge is 0.508 e. The number of ether oxygens (including phenoxy) is 1. The third-order valence-electron chi connectivity index (χ3n) is 6.12. The van der Waals surface area contributed by atoms with Gasteiger partial charge in [0.2, 0.25) is 0 Å². The zero-order valence-electron chi connectivity index (χ0n) is 18.5. The smallest absolute Gasteiger partial charge is 0.286 e. The maximum absolute atomic E-state index is 14.6. The molecule has 1 fully saturated rings. The Balaban J connectivity index is 1.63. The van der Waals surface area contributed by atoms with Crippen LogP contribution >= 0.6 is 11.8 Å². The predicted octanol–water partition coefficient (Wildman–Crippen LogP) is 5.19. The van der Waals surface area contributed by atoms with E-state index < -0.39 is 5.82 Å². The van der Waals surface area contributed by atoms with Crippen LogP contribution in [0.4, 0.5) is 4.39 Å². The van der Waals surface area contributed by atoms with E-state index in [2.05, 4.69) is 25.8 Å². The summed E-state index contributed by atoms with van der Waals surface area (Å²) in [5.41, 5.74) is 2.70. The summed E-state index contributed by atoms with van der Waals surface area (Å²) >= 11 is 1.27. The summed E-state index contributed by atoms with van der Waals surface area (Å²) in [6.45, 7) is 8.83. The molecule has 2 aromatic carbocycles. The van der Waals surface area contributed by atoms with Crippen molar-refractivity contribution in [2.75, 3.05) is 26.3 Å². The van der Waals surface area contributed by atoms with Crippen LogP contribution in [0.3, 0.4) is 0 Å². The predicted molar refractivity (Wildman–Crippen MR) is 127 cm³/mol. The van der Waals surface area contributed by atoms with E-state index in [0.29, 0.717) is 41.9 Å². The number of carbonyl (C=O) groups is 1. The first kappa shape index (κ1) is 22.6. The number of carbonyl (C=O) groups excluding carboxylic acids is 1. The maximum Gasteiger partial charge on any atom is 0.286 e. The van der Waals surface area contributed by atoms with Gasteiger partial charge in [0.25, 0.3) is 5.91 Å². The van der Waals surface area contributed by atoms with Crippen molar-refractivity contribution >= 4 is 28.9 Å². The molecular formula is C25H27FN2O3S. The normalized spacial score (nSPS) is 18.4. The van der Waals surface area contributed by atoms with Crippen molar-refractivity contribution in [1.29, 1.82) is 0 Å². The second-order valence-electron chi connectivity index (χ2n) is 8.62. The zero-order chi connectivity index (χ0) is 22.9. The minimum absolute atomic E-state index is 0.189. The van der Waals surface area contributed by atoms with E-state index in [9.17, 15) is 14.3 Å². The molecule has 0 unspecified atom stereocenters. The average Bonchev–Trinajstić information content (AvgIpc) is 3.16. The van der Waals surface area contributed by atoms with E-state index in [1.54, 1.807) is 24.3 Å². The van der Waals surface area contributed by atoms with Crippen LogP contribution in [0.5, 0.6) is 5.75 Å². The third-order valence-corrected chi connectivity index (χ3v) is 7.16. The first-order valence-electron chi connectivity index (χ1n) is 10.8. The molecule has 32 heavy (non-hydrogen) atoms. The fraction of sp³-hybridized carbons (Fsp3) is 0.360. The van der Waals surface area contributed by atoms with Gasteiger partial charge in [-0.15, -0.1) is 0 Å². The molecule has 0 saturated carbocycles. The van der Waals surface area contributed by atoms with Gasteiger partial charge >= 0.3 is 0 Å². The lowest BCUT2D eigenvalue weighted by Gasteiger charge is -2.27. The standard InChI is InChI=1S/C25H27FN2O3S/c1-4-25(2,3)19-14-17(6-8-21(19)29)16-5-7-20(26)18(13-16)15-22-23(30)27-24(32-22)28-9-11-31-12-10-28/h5-8,13-15,29H,4,9-12H2,1-3H3/b22-15+. The Labute approximate surface area is 192 Å². The molecule has 2 heterocycles. The number of thioether (sulfide) groups is 1. The Morgan fingerprint density at radius 1 is 1.19 bits per heavy atom. The SMILES string of the molecule is CCC(C)(C)c1cc(-c2ccc(F)c(/C=C3/SC(N4CCOCC4)=NC3=O)c2)ccc1O. The minimum Gasteiger partial charge on any atom is -0.508 e. The summed E-state index contributed by atoms with van der Waals surface area (Å²) in [4.78, 5) is 19.0. The lowest BCUT2D eigenvalue weighted by atomic mass is 9.80. The van der Waals surface area contributed by atoms with Gasteiger partial charge in [-0.2, -0.15) is 4.99 Å². The number of aliphatic imine (C=N–C) groups is 1. The Kier molecular flexibility index (Phi) is 6.40. The molecule has 0 radical (unpaired) electrons. The van der Waals surface area contributed by atoms with Crippen molar-refractivity contribution in [3.05, 3.63) is 58.2 Å².